The molecule has 0 fully saturated rings. The second kappa shape index (κ2) is 6.77. The number of benzene rings is 1. The number of aliphatic hydroxyl groups excluding tert-OH is 1. The third kappa shape index (κ3) is 5.85. The molecule has 0 saturated heterocycles. The summed E-state index contributed by atoms with van der Waals surface area (Å²) in [6.07, 6.45) is 0.821. The molecule has 0 aliphatic rings. The Hall–Kier alpha value is -0.860. The van der Waals surface area contributed by atoms with Crippen molar-refractivity contribution < 1.29 is 5.11 Å². The second-order valence-electron chi connectivity index (χ2n) is 5.81. The van der Waals surface area contributed by atoms with Gasteiger partial charge in [0, 0.05) is 19.7 Å². The summed E-state index contributed by atoms with van der Waals surface area (Å²) in [5.74, 6) is 0.406. The molecule has 2 nitrogen and oxygen atoms in total. The zero-order valence-corrected chi connectivity index (χ0v) is 11.2. The molecule has 0 aromatic heterocycles. The molecular formula is C15H25NO. The van der Waals surface area contributed by atoms with Gasteiger partial charge in [-0.3, -0.25) is 0 Å². The van der Waals surface area contributed by atoms with Crippen molar-refractivity contribution in [2.75, 3.05) is 19.7 Å². The smallest absolute Gasteiger partial charge is 0.0437 e. The van der Waals surface area contributed by atoms with Gasteiger partial charge in [-0.2, -0.15) is 0 Å². The molecule has 0 radical (unpaired) electrons. The first-order chi connectivity index (χ1) is 8.03. The van der Waals surface area contributed by atoms with Gasteiger partial charge in [0.2, 0.25) is 0 Å². The third-order valence-electron chi connectivity index (χ3n) is 2.79. The van der Waals surface area contributed by atoms with Gasteiger partial charge in [-0.1, -0.05) is 51.1 Å². The lowest BCUT2D eigenvalue weighted by Gasteiger charge is -2.22. The Bertz CT molecular complexity index is 302. The van der Waals surface area contributed by atoms with Crippen LogP contribution in [0.4, 0.5) is 0 Å². The quantitative estimate of drug-likeness (QED) is 0.794. The van der Waals surface area contributed by atoms with Gasteiger partial charge in [-0.15, -0.1) is 0 Å². The molecule has 0 bridgehead atoms. The molecular weight excluding hydrogens is 210 g/mol. The van der Waals surface area contributed by atoms with Crippen LogP contribution in [0.1, 0.15) is 38.7 Å². The highest BCUT2D eigenvalue weighted by atomic mass is 16.3. The van der Waals surface area contributed by atoms with Crippen LogP contribution >= 0.6 is 0 Å². The number of aliphatic hydroxyl groups is 1. The molecule has 1 aromatic rings. The Morgan fingerprint density at radius 2 is 1.82 bits per heavy atom. The third-order valence-corrected chi connectivity index (χ3v) is 2.79. The van der Waals surface area contributed by atoms with Gasteiger partial charge in [0.05, 0.1) is 0 Å². The van der Waals surface area contributed by atoms with E-state index in [9.17, 15) is 0 Å². The minimum Gasteiger partial charge on any atom is -0.396 e. The van der Waals surface area contributed by atoms with Gasteiger partial charge in [0.1, 0.15) is 0 Å². The van der Waals surface area contributed by atoms with Gasteiger partial charge in [0.15, 0.2) is 0 Å². The van der Waals surface area contributed by atoms with Crippen LogP contribution in [0.15, 0.2) is 30.3 Å². The highest BCUT2D eigenvalue weighted by Crippen LogP contribution is 2.19. The molecule has 17 heavy (non-hydrogen) atoms. The van der Waals surface area contributed by atoms with Gasteiger partial charge in [-0.25, -0.2) is 0 Å². The summed E-state index contributed by atoms with van der Waals surface area (Å²) in [7, 11) is 0. The van der Waals surface area contributed by atoms with Crippen molar-refractivity contribution in [2.45, 2.75) is 33.1 Å². The van der Waals surface area contributed by atoms with Gasteiger partial charge in [0.25, 0.3) is 0 Å². The number of nitrogens with one attached hydrogen (secondary N) is 1. The van der Waals surface area contributed by atoms with Crippen LogP contribution in [0, 0.1) is 5.41 Å². The number of hydrogen-bond donors (Lipinski definition) is 2. The van der Waals surface area contributed by atoms with E-state index in [4.69, 9.17) is 5.11 Å². The summed E-state index contributed by atoms with van der Waals surface area (Å²) in [5, 5.41) is 12.6. The second-order valence-corrected chi connectivity index (χ2v) is 5.81. The fourth-order valence-electron chi connectivity index (χ4n) is 1.89. The minimum absolute atomic E-state index is 0.247. The van der Waals surface area contributed by atoms with Crippen LogP contribution < -0.4 is 5.32 Å². The Kier molecular flexibility index (Phi) is 5.66. The standard InChI is InChI=1S/C15H25NO/c1-15(2,3)12-16-11-14(9-10-17)13-7-5-4-6-8-13/h4-8,14,16-17H,9-12H2,1-3H3. The zero-order chi connectivity index (χ0) is 12.7. The molecule has 1 rings (SSSR count). The lowest BCUT2D eigenvalue weighted by Crippen LogP contribution is -2.30. The summed E-state index contributed by atoms with van der Waals surface area (Å²) in [6.45, 7) is 8.86. The average molecular weight is 235 g/mol. The Morgan fingerprint density at radius 1 is 1.18 bits per heavy atom. The molecule has 1 unspecified atom stereocenters. The summed E-state index contributed by atoms with van der Waals surface area (Å²) in [6, 6.07) is 10.4. The molecule has 0 saturated carbocycles. The van der Waals surface area contributed by atoms with Crippen molar-refractivity contribution in [1.82, 2.24) is 5.32 Å². The molecule has 2 N–H and O–H groups in total. The maximum absolute atomic E-state index is 9.13. The molecule has 0 spiro atoms. The predicted octanol–water partition coefficient (Wildman–Crippen LogP) is 2.79. The van der Waals surface area contributed by atoms with E-state index in [1.54, 1.807) is 0 Å². The molecule has 1 atom stereocenters. The monoisotopic (exact) mass is 235 g/mol. The summed E-state index contributed by atoms with van der Waals surface area (Å²) >= 11 is 0. The van der Waals surface area contributed by atoms with Gasteiger partial charge in [-0.05, 0) is 23.3 Å². The van der Waals surface area contributed by atoms with Crippen molar-refractivity contribution >= 4 is 0 Å². The van der Waals surface area contributed by atoms with Crippen LogP contribution in [0.5, 0.6) is 0 Å². The molecule has 2 heteroatoms. The SMILES string of the molecule is CC(C)(C)CNCC(CCO)c1ccccc1. The lowest BCUT2D eigenvalue weighted by molar-refractivity contribution is 0.271. The van der Waals surface area contributed by atoms with Crippen LogP contribution in [-0.4, -0.2) is 24.8 Å². The van der Waals surface area contributed by atoms with Crippen LogP contribution in [0.2, 0.25) is 0 Å². The highest BCUT2D eigenvalue weighted by Gasteiger charge is 2.13. The maximum Gasteiger partial charge on any atom is 0.0437 e. The Balaban J connectivity index is 2.50. The first kappa shape index (κ1) is 14.2. The van der Waals surface area contributed by atoms with E-state index in [0.29, 0.717) is 11.3 Å². The largest absolute Gasteiger partial charge is 0.396 e. The lowest BCUT2D eigenvalue weighted by atomic mass is 9.94. The topological polar surface area (TPSA) is 32.3 Å². The molecule has 0 aliphatic carbocycles. The first-order valence-electron chi connectivity index (χ1n) is 6.39. The average Bonchev–Trinajstić information content (AvgIpc) is 2.27. The molecule has 0 heterocycles. The summed E-state index contributed by atoms with van der Waals surface area (Å²) in [5.41, 5.74) is 1.61. The van der Waals surface area contributed by atoms with Crippen molar-refractivity contribution in [3.8, 4) is 0 Å². The van der Waals surface area contributed by atoms with Crippen molar-refractivity contribution in [1.29, 1.82) is 0 Å². The van der Waals surface area contributed by atoms with Crippen molar-refractivity contribution in [3.63, 3.8) is 0 Å². The first-order valence-corrected chi connectivity index (χ1v) is 6.39. The van der Waals surface area contributed by atoms with Gasteiger partial charge < -0.3 is 10.4 Å². The van der Waals surface area contributed by atoms with Crippen LogP contribution in [0.3, 0.4) is 0 Å². The van der Waals surface area contributed by atoms with E-state index in [-0.39, 0.29) is 6.61 Å². The van der Waals surface area contributed by atoms with E-state index in [0.717, 1.165) is 19.5 Å². The fraction of sp³-hybridized carbons (Fsp3) is 0.600. The predicted molar refractivity (Wildman–Crippen MR) is 73.2 cm³/mol. The van der Waals surface area contributed by atoms with E-state index < -0.39 is 0 Å². The highest BCUT2D eigenvalue weighted by molar-refractivity contribution is 5.19. The molecule has 1 aromatic carbocycles. The summed E-state index contributed by atoms with van der Waals surface area (Å²) in [4.78, 5) is 0. The van der Waals surface area contributed by atoms with Crippen molar-refractivity contribution in [2.24, 2.45) is 5.41 Å². The molecule has 0 aliphatic heterocycles. The van der Waals surface area contributed by atoms with Crippen LogP contribution in [0.25, 0.3) is 0 Å². The van der Waals surface area contributed by atoms with E-state index >= 15 is 0 Å². The van der Waals surface area contributed by atoms with Crippen molar-refractivity contribution in [3.05, 3.63) is 35.9 Å². The zero-order valence-electron chi connectivity index (χ0n) is 11.2. The van der Waals surface area contributed by atoms with E-state index in [1.165, 1.54) is 5.56 Å². The normalized spacial score (nSPS) is 13.6. The summed E-state index contributed by atoms with van der Waals surface area (Å²) < 4.78 is 0. The number of rotatable bonds is 6. The Morgan fingerprint density at radius 3 is 2.35 bits per heavy atom. The fourth-order valence-corrected chi connectivity index (χ4v) is 1.89. The molecule has 96 valence electrons. The Labute approximate surface area is 105 Å². The van der Waals surface area contributed by atoms with E-state index in [1.807, 2.05) is 6.07 Å². The number of hydrogen-bond acceptors (Lipinski definition) is 2. The minimum atomic E-state index is 0.247. The van der Waals surface area contributed by atoms with Crippen LogP contribution in [-0.2, 0) is 0 Å². The molecule has 0 amide bonds. The van der Waals surface area contributed by atoms with E-state index in [2.05, 4.69) is 50.4 Å². The maximum atomic E-state index is 9.13. The van der Waals surface area contributed by atoms with Gasteiger partial charge >= 0.3 is 0 Å².